The molecule has 0 atom stereocenters. The number of ketones is 2. The van der Waals surface area contributed by atoms with E-state index in [1.54, 1.807) is 13.8 Å². The maximum atomic E-state index is 11.9. The predicted octanol–water partition coefficient (Wildman–Crippen LogP) is 7.35. The Morgan fingerprint density at radius 2 is 1.16 bits per heavy atom. The first-order valence-electron chi connectivity index (χ1n) is 9.91. The lowest BCUT2D eigenvalue weighted by molar-refractivity contribution is 0.0936. The average Bonchev–Trinajstić information content (AvgIpc) is 2.59. The number of carbonyl (C=O) groups is 2. The Bertz CT molecular complexity index is 1050. The number of hydrogen-bond acceptors (Lipinski definition) is 4. The topological polar surface area (TPSA) is 68.3 Å². The van der Waals surface area contributed by atoms with Crippen LogP contribution in [-0.4, -0.2) is 24.9 Å². The molecule has 0 saturated heterocycles. The molecule has 0 radical (unpaired) electrons. The summed E-state index contributed by atoms with van der Waals surface area (Å²) in [4.78, 5) is 22.7. The molecule has 0 aliphatic carbocycles. The molecule has 0 aromatic heterocycles. The molecule has 0 fully saturated rings. The minimum atomic E-state index is -3.72. The van der Waals surface area contributed by atoms with Crippen molar-refractivity contribution in [3.63, 3.8) is 0 Å². The molecular formula is C24H31Cl3O4S. The van der Waals surface area contributed by atoms with Crippen LogP contribution in [0.4, 0.5) is 0 Å². The number of halogens is 3. The Morgan fingerprint density at radius 3 is 1.44 bits per heavy atom. The van der Waals surface area contributed by atoms with Crippen molar-refractivity contribution in [1.29, 1.82) is 0 Å². The van der Waals surface area contributed by atoms with E-state index in [2.05, 4.69) is 27.4 Å². The predicted molar refractivity (Wildman–Crippen MR) is 136 cm³/mol. The zero-order valence-corrected chi connectivity index (χ0v) is 22.8. The van der Waals surface area contributed by atoms with Gasteiger partial charge in [0.25, 0.3) is 0 Å². The molecule has 0 aliphatic heterocycles. The third-order valence-corrected chi connectivity index (χ3v) is 4.51. The van der Waals surface area contributed by atoms with Gasteiger partial charge in [-0.1, -0.05) is 61.4 Å². The van der Waals surface area contributed by atoms with Crippen molar-refractivity contribution in [2.75, 3.05) is 0 Å². The first-order valence-corrected chi connectivity index (χ1v) is 13.4. The first-order chi connectivity index (χ1) is 14.3. The lowest BCUT2D eigenvalue weighted by atomic mass is 9.95. The standard InChI is InChI=1S/C12H15ClO.C12H16O.Cl2O2S/c1-8-5-6-10(9(2)7-8)11(14)12(3,4)13;1-8(2)12(13)11-6-5-9(3)7-10(11)4;1-5(2,3)4/h5-7H,1-4H3;5-8H,1-4H3;. The highest BCUT2D eigenvalue weighted by molar-refractivity contribution is 8.31. The van der Waals surface area contributed by atoms with Gasteiger partial charge in [0.15, 0.2) is 11.6 Å². The van der Waals surface area contributed by atoms with Crippen LogP contribution >= 0.6 is 33.0 Å². The van der Waals surface area contributed by atoms with Crippen LogP contribution in [0.2, 0.25) is 0 Å². The van der Waals surface area contributed by atoms with E-state index in [4.69, 9.17) is 20.0 Å². The molecule has 178 valence electrons. The summed E-state index contributed by atoms with van der Waals surface area (Å²) in [6.45, 7) is 15.3. The van der Waals surface area contributed by atoms with Gasteiger partial charge in [-0.05, 0) is 52.7 Å². The van der Waals surface area contributed by atoms with Gasteiger partial charge in [0.2, 0.25) is 0 Å². The van der Waals surface area contributed by atoms with Crippen LogP contribution in [0.5, 0.6) is 0 Å². The average molecular weight is 522 g/mol. The monoisotopic (exact) mass is 520 g/mol. The second-order valence-corrected chi connectivity index (χ2v) is 12.9. The fourth-order valence-electron chi connectivity index (χ4n) is 2.79. The van der Waals surface area contributed by atoms with Crippen molar-refractivity contribution < 1.29 is 18.0 Å². The highest BCUT2D eigenvalue weighted by atomic mass is 36.0. The van der Waals surface area contributed by atoms with Crippen molar-refractivity contribution >= 4 is 52.8 Å². The van der Waals surface area contributed by atoms with Crippen molar-refractivity contribution in [3.05, 3.63) is 69.8 Å². The van der Waals surface area contributed by atoms with Gasteiger partial charge in [-0.2, -0.15) is 8.42 Å². The van der Waals surface area contributed by atoms with Gasteiger partial charge in [-0.15, -0.1) is 11.6 Å². The second-order valence-electron chi connectivity index (χ2n) is 8.34. The molecule has 0 heterocycles. The Morgan fingerprint density at radius 1 is 0.812 bits per heavy atom. The SMILES string of the molecule is Cc1ccc(C(=O)C(C)(C)Cl)c(C)c1.Cc1ccc(C(=O)C(C)C)c(C)c1.O=S(=O)(Cl)Cl. The summed E-state index contributed by atoms with van der Waals surface area (Å²) in [5.41, 5.74) is 6.02. The molecule has 2 aromatic rings. The number of hydrogen-bond donors (Lipinski definition) is 0. The number of rotatable bonds is 4. The number of benzene rings is 2. The fraction of sp³-hybridized carbons (Fsp3) is 0.417. The first kappa shape index (κ1) is 30.6. The molecule has 2 aromatic carbocycles. The zero-order valence-electron chi connectivity index (χ0n) is 19.7. The Kier molecular flexibility index (Phi) is 12.2. The van der Waals surface area contributed by atoms with E-state index in [9.17, 15) is 9.59 Å². The summed E-state index contributed by atoms with van der Waals surface area (Å²) in [6.07, 6.45) is 0. The molecule has 4 nitrogen and oxygen atoms in total. The summed E-state index contributed by atoms with van der Waals surface area (Å²) >= 11 is 5.98. The molecule has 0 aliphatic rings. The minimum Gasteiger partial charge on any atom is -0.294 e. The molecule has 2 rings (SSSR count). The molecule has 0 N–H and O–H groups in total. The summed E-state index contributed by atoms with van der Waals surface area (Å²) in [6, 6.07) is 11.7. The number of carbonyl (C=O) groups excluding carboxylic acids is 2. The van der Waals surface area contributed by atoms with Gasteiger partial charge in [-0.25, -0.2) is 0 Å². The van der Waals surface area contributed by atoms with Crippen LogP contribution in [0.25, 0.3) is 0 Å². The number of alkyl halides is 1. The highest BCUT2D eigenvalue weighted by Gasteiger charge is 2.26. The molecule has 0 unspecified atom stereocenters. The van der Waals surface area contributed by atoms with Crippen molar-refractivity contribution in [1.82, 2.24) is 0 Å². The van der Waals surface area contributed by atoms with Gasteiger partial charge >= 0.3 is 8.26 Å². The smallest absolute Gasteiger partial charge is 0.294 e. The molecule has 0 spiro atoms. The van der Waals surface area contributed by atoms with Crippen LogP contribution in [-0.2, 0) is 8.26 Å². The zero-order chi connectivity index (χ0) is 25.4. The second kappa shape index (κ2) is 12.7. The van der Waals surface area contributed by atoms with Crippen LogP contribution in [0, 0.1) is 33.6 Å². The maximum absolute atomic E-state index is 11.9. The van der Waals surface area contributed by atoms with E-state index in [-0.39, 0.29) is 17.5 Å². The van der Waals surface area contributed by atoms with E-state index >= 15 is 0 Å². The molecule has 0 amide bonds. The third-order valence-electron chi connectivity index (χ3n) is 4.34. The Balaban J connectivity index is 0.000000499. The van der Waals surface area contributed by atoms with Crippen molar-refractivity contribution in [2.24, 2.45) is 5.92 Å². The van der Waals surface area contributed by atoms with E-state index in [1.165, 1.54) is 5.56 Å². The molecule has 8 heteroatoms. The van der Waals surface area contributed by atoms with E-state index in [0.717, 1.165) is 27.8 Å². The maximum Gasteiger partial charge on any atom is 0.317 e. The summed E-state index contributed by atoms with van der Waals surface area (Å²) < 4.78 is 18.3. The minimum absolute atomic E-state index is 0.0170. The van der Waals surface area contributed by atoms with Crippen LogP contribution in [0.15, 0.2) is 36.4 Å². The van der Waals surface area contributed by atoms with E-state index < -0.39 is 13.1 Å². The Labute approximate surface area is 206 Å². The number of Topliss-reactive ketones (excluding diaryl/α,β-unsaturated/α-hetero) is 2. The highest BCUT2D eigenvalue weighted by Crippen LogP contribution is 2.22. The lowest BCUT2D eigenvalue weighted by Gasteiger charge is -2.15. The lowest BCUT2D eigenvalue weighted by Crippen LogP contribution is -2.25. The third kappa shape index (κ3) is 12.0. The molecular weight excluding hydrogens is 491 g/mol. The molecule has 0 saturated carbocycles. The fourth-order valence-corrected chi connectivity index (χ4v) is 2.89. The normalized spacial score (nSPS) is 11.1. The number of aryl methyl sites for hydroxylation is 4. The van der Waals surface area contributed by atoms with Gasteiger partial charge in [0.05, 0.1) is 0 Å². The van der Waals surface area contributed by atoms with Crippen molar-refractivity contribution in [3.8, 4) is 0 Å². The quantitative estimate of drug-likeness (QED) is 0.239. The van der Waals surface area contributed by atoms with E-state index in [0.29, 0.717) is 0 Å². The van der Waals surface area contributed by atoms with Crippen molar-refractivity contribution in [2.45, 2.75) is 60.3 Å². The van der Waals surface area contributed by atoms with Gasteiger partial charge in [0, 0.05) is 38.4 Å². The van der Waals surface area contributed by atoms with Gasteiger partial charge < -0.3 is 0 Å². The summed E-state index contributed by atoms with van der Waals surface area (Å²) in [5.74, 6) is 0.301. The van der Waals surface area contributed by atoms with Crippen LogP contribution in [0.3, 0.4) is 0 Å². The van der Waals surface area contributed by atoms with Crippen LogP contribution in [0.1, 0.15) is 70.7 Å². The Hall–Kier alpha value is -1.40. The van der Waals surface area contributed by atoms with E-state index in [1.807, 2.05) is 71.9 Å². The van der Waals surface area contributed by atoms with Gasteiger partial charge in [-0.3, -0.25) is 9.59 Å². The molecule has 0 bridgehead atoms. The van der Waals surface area contributed by atoms with Gasteiger partial charge in [0.1, 0.15) is 4.87 Å². The molecule has 32 heavy (non-hydrogen) atoms. The summed E-state index contributed by atoms with van der Waals surface area (Å²) in [7, 11) is 4.81. The largest absolute Gasteiger partial charge is 0.317 e. The van der Waals surface area contributed by atoms with Crippen LogP contribution < -0.4 is 0 Å². The summed E-state index contributed by atoms with van der Waals surface area (Å²) in [5, 5.41) is 0.